The molecule has 0 aromatic carbocycles. The van der Waals surface area contributed by atoms with Crippen molar-refractivity contribution in [2.24, 2.45) is 0 Å². The lowest BCUT2D eigenvalue weighted by Gasteiger charge is -2.25. The molecule has 0 saturated carbocycles. The quantitative estimate of drug-likeness (QED) is 0.853. The SMILES string of the molecule is COc1ncnc2c1ccn2[C@@H]1O[C@H](CO)[C@@H](O)[C@@]1(C)F. The lowest BCUT2D eigenvalue weighted by molar-refractivity contribution is -0.0564. The van der Waals surface area contributed by atoms with Gasteiger partial charge in [0.2, 0.25) is 5.88 Å². The summed E-state index contributed by atoms with van der Waals surface area (Å²) in [6.07, 6.45) is -0.597. The molecule has 2 aromatic heterocycles. The molecule has 0 radical (unpaired) electrons. The smallest absolute Gasteiger partial charge is 0.225 e. The molecule has 1 fully saturated rings. The second-order valence-electron chi connectivity index (χ2n) is 5.15. The Balaban J connectivity index is 2.09. The fourth-order valence-electron chi connectivity index (χ4n) is 2.66. The highest BCUT2D eigenvalue weighted by atomic mass is 19.1. The number of rotatable bonds is 3. The first-order valence-corrected chi connectivity index (χ1v) is 6.49. The molecule has 3 heterocycles. The van der Waals surface area contributed by atoms with Gasteiger partial charge in [-0.3, -0.25) is 0 Å². The summed E-state index contributed by atoms with van der Waals surface area (Å²) in [6.45, 7) is 0.775. The third kappa shape index (κ3) is 1.98. The molecule has 0 bridgehead atoms. The number of methoxy groups -OCH3 is 1. The highest BCUT2D eigenvalue weighted by molar-refractivity contribution is 5.81. The number of halogens is 1. The molecule has 1 saturated heterocycles. The van der Waals surface area contributed by atoms with Crippen LogP contribution in [0.4, 0.5) is 4.39 Å². The number of alkyl halides is 1. The van der Waals surface area contributed by atoms with Crippen molar-refractivity contribution < 1.29 is 24.1 Å². The van der Waals surface area contributed by atoms with Gasteiger partial charge in [0, 0.05) is 6.20 Å². The fraction of sp³-hybridized carbons (Fsp3) is 0.538. The molecule has 4 atom stereocenters. The maximum atomic E-state index is 14.8. The number of aromatic nitrogens is 3. The first kappa shape index (κ1) is 14.2. The van der Waals surface area contributed by atoms with Crippen LogP contribution < -0.4 is 4.74 Å². The number of nitrogens with zero attached hydrogens (tertiary/aromatic N) is 3. The van der Waals surface area contributed by atoms with Gasteiger partial charge < -0.3 is 24.3 Å². The zero-order valence-electron chi connectivity index (χ0n) is 11.6. The number of hydrogen-bond acceptors (Lipinski definition) is 6. The van der Waals surface area contributed by atoms with Crippen molar-refractivity contribution in [1.29, 1.82) is 0 Å². The van der Waals surface area contributed by atoms with E-state index in [9.17, 15) is 14.6 Å². The van der Waals surface area contributed by atoms with E-state index < -0.39 is 30.7 Å². The molecule has 21 heavy (non-hydrogen) atoms. The summed E-state index contributed by atoms with van der Waals surface area (Å²) < 4.78 is 26.9. The lowest BCUT2D eigenvalue weighted by Crippen LogP contribution is -2.40. The van der Waals surface area contributed by atoms with Gasteiger partial charge in [0.1, 0.15) is 24.2 Å². The van der Waals surface area contributed by atoms with Crippen molar-refractivity contribution >= 4 is 11.0 Å². The summed E-state index contributed by atoms with van der Waals surface area (Å²) >= 11 is 0. The number of ether oxygens (including phenoxy) is 2. The van der Waals surface area contributed by atoms with Gasteiger partial charge in [0.15, 0.2) is 11.9 Å². The van der Waals surface area contributed by atoms with E-state index in [1.54, 1.807) is 12.3 Å². The molecule has 1 aliphatic rings. The van der Waals surface area contributed by atoms with Gasteiger partial charge in [-0.2, -0.15) is 0 Å². The molecule has 2 N–H and O–H groups in total. The van der Waals surface area contributed by atoms with Crippen molar-refractivity contribution in [3.05, 3.63) is 18.6 Å². The predicted molar refractivity (Wildman–Crippen MR) is 70.6 cm³/mol. The third-order valence-electron chi connectivity index (χ3n) is 3.82. The van der Waals surface area contributed by atoms with E-state index in [4.69, 9.17) is 9.47 Å². The molecule has 114 valence electrons. The van der Waals surface area contributed by atoms with Gasteiger partial charge >= 0.3 is 0 Å². The van der Waals surface area contributed by atoms with Crippen molar-refractivity contribution in [2.75, 3.05) is 13.7 Å². The zero-order valence-corrected chi connectivity index (χ0v) is 11.6. The van der Waals surface area contributed by atoms with Crippen LogP contribution in [-0.4, -0.2) is 56.3 Å². The standard InChI is InChI=1S/C13H16FN3O4/c1-13(14)9(19)8(5-18)21-12(13)17-4-3-7-10(17)15-6-16-11(7)20-2/h3-4,6,8-9,12,18-19H,5H2,1-2H3/t8-,9-,12-,13-/m1/s1. The van der Waals surface area contributed by atoms with Crippen LogP contribution in [-0.2, 0) is 4.74 Å². The Morgan fingerprint density at radius 1 is 1.52 bits per heavy atom. The zero-order chi connectivity index (χ0) is 15.2. The monoisotopic (exact) mass is 297 g/mol. The number of aliphatic hydroxyl groups excluding tert-OH is 2. The Hall–Kier alpha value is -1.77. The summed E-state index contributed by atoms with van der Waals surface area (Å²) in [4.78, 5) is 8.09. The van der Waals surface area contributed by atoms with Crippen LogP contribution >= 0.6 is 0 Å². The van der Waals surface area contributed by atoms with E-state index >= 15 is 0 Å². The first-order valence-electron chi connectivity index (χ1n) is 6.49. The number of aliphatic hydroxyl groups is 2. The van der Waals surface area contributed by atoms with Crippen LogP contribution in [0, 0.1) is 0 Å². The molecule has 0 unspecified atom stereocenters. The largest absolute Gasteiger partial charge is 0.480 e. The highest BCUT2D eigenvalue weighted by Crippen LogP contribution is 2.42. The number of hydrogen-bond donors (Lipinski definition) is 2. The summed E-state index contributed by atoms with van der Waals surface area (Å²) in [6, 6.07) is 1.69. The summed E-state index contributed by atoms with van der Waals surface area (Å²) in [7, 11) is 1.48. The topological polar surface area (TPSA) is 89.6 Å². The predicted octanol–water partition coefficient (Wildman–Crippen LogP) is 0.419. The molecule has 1 aliphatic heterocycles. The average Bonchev–Trinajstić information content (AvgIpc) is 2.99. The molecule has 0 aliphatic carbocycles. The van der Waals surface area contributed by atoms with Crippen LogP contribution in [0.5, 0.6) is 5.88 Å². The van der Waals surface area contributed by atoms with E-state index in [1.807, 2.05) is 0 Å². The Bertz CT molecular complexity index is 660. The van der Waals surface area contributed by atoms with Crippen molar-refractivity contribution in [3.8, 4) is 5.88 Å². The van der Waals surface area contributed by atoms with E-state index in [1.165, 1.54) is 24.9 Å². The second kappa shape index (κ2) is 4.90. The van der Waals surface area contributed by atoms with Crippen LogP contribution in [0.2, 0.25) is 0 Å². The molecule has 0 spiro atoms. The van der Waals surface area contributed by atoms with Gasteiger partial charge in [-0.15, -0.1) is 0 Å². The van der Waals surface area contributed by atoms with Crippen LogP contribution in [0.15, 0.2) is 18.6 Å². The van der Waals surface area contributed by atoms with Crippen molar-refractivity contribution in [2.45, 2.75) is 31.0 Å². The second-order valence-corrected chi connectivity index (χ2v) is 5.15. The van der Waals surface area contributed by atoms with E-state index in [0.29, 0.717) is 16.9 Å². The molecule has 3 rings (SSSR count). The molecule has 2 aromatic rings. The summed E-state index contributed by atoms with van der Waals surface area (Å²) in [5, 5.41) is 19.7. The minimum absolute atomic E-state index is 0.372. The third-order valence-corrected chi connectivity index (χ3v) is 3.82. The normalized spacial score (nSPS) is 32.7. The molecule has 7 nitrogen and oxygen atoms in total. The van der Waals surface area contributed by atoms with Crippen LogP contribution in [0.1, 0.15) is 13.2 Å². The van der Waals surface area contributed by atoms with E-state index in [-0.39, 0.29) is 0 Å². The van der Waals surface area contributed by atoms with Gasteiger partial charge in [0.25, 0.3) is 0 Å². The van der Waals surface area contributed by atoms with Gasteiger partial charge in [-0.1, -0.05) is 0 Å². The molecule has 0 amide bonds. The van der Waals surface area contributed by atoms with Gasteiger partial charge in [-0.05, 0) is 13.0 Å². The maximum absolute atomic E-state index is 14.8. The Kier molecular flexibility index (Phi) is 3.31. The van der Waals surface area contributed by atoms with Gasteiger partial charge in [-0.25, -0.2) is 14.4 Å². The average molecular weight is 297 g/mol. The maximum Gasteiger partial charge on any atom is 0.225 e. The summed E-state index contributed by atoms with van der Waals surface area (Å²) in [5.74, 6) is 0.372. The molecular weight excluding hydrogens is 281 g/mol. The number of fused-ring (bicyclic) bond motifs is 1. The first-order chi connectivity index (χ1) is 10.0. The van der Waals surface area contributed by atoms with E-state index in [2.05, 4.69) is 9.97 Å². The Morgan fingerprint density at radius 2 is 2.29 bits per heavy atom. The highest BCUT2D eigenvalue weighted by Gasteiger charge is 2.55. The van der Waals surface area contributed by atoms with Crippen LogP contribution in [0.25, 0.3) is 11.0 Å². The molecule has 8 heteroatoms. The van der Waals surface area contributed by atoms with Crippen molar-refractivity contribution in [1.82, 2.24) is 14.5 Å². The Morgan fingerprint density at radius 3 is 2.90 bits per heavy atom. The molecular formula is C13H16FN3O4. The van der Waals surface area contributed by atoms with E-state index in [0.717, 1.165) is 0 Å². The lowest BCUT2D eigenvalue weighted by atomic mass is 9.98. The Labute approximate surface area is 120 Å². The minimum atomic E-state index is -2.06. The summed E-state index contributed by atoms with van der Waals surface area (Å²) in [5.41, 5.74) is -1.63. The van der Waals surface area contributed by atoms with Gasteiger partial charge in [0.05, 0.1) is 19.1 Å². The van der Waals surface area contributed by atoms with Crippen LogP contribution in [0.3, 0.4) is 0 Å². The minimum Gasteiger partial charge on any atom is -0.480 e. The fourth-order valence-corrected chi connectivity index (χ4v) is 2.66. The van der Waals surface area contributed by atoms with Crippen molar-refractivity contribution in [3.63, 3.8) is 0 Å².